The second-order valence-electron chi connectivity index (χ2n) is 4.35. The molecule has 1 aromatic heterocycles. The maximum atomic E-state index is 11.2. The first kappa shape index (κ1) is 12.2. The van der Waals surface area contributed by atoms with Crippen LogP contribution >= 0.6 is 0 Å². The Morgan fingerprint density at radius 1 is 1.25 bits per heavy atom. The number of carboxylic acids is 1. The lowest BCUT2D eigenvalue weighted by Crippen LogP contribution is -2.00. The Morgan fingerprint density at radius 3 is 2.80 bits per heavy atom. The summed E-state index contributed by atoms with van der Waals surface area (Å²) in [5.74, 6) is -0.852. The van der Waals surface area contributed by atoms with Crippen molar-refractivity contribution in [1.29, 1.82) is 0 Å². The highest BCUT2D eigenvalue weighted by molar-refractivity contribution is 5.91. The molecule has 0 aliphatic carbocycles. The van der Waals surface area contributed by atoms with E-state index in [1.807, 2.05) is 19.1 Å². The Labute approximate surface area is 114 Å². The average Bonchev–Trinajstić information content (AvgIpc) is 2.82. The minimum atomic E-state index is -1.06. The fraction of sp³-hybridized carbons (Fsp3) is 0.0667. The van der Waals surface area contributed by atoms with Crippen LogP contribution in [0.3, 0.4) is 0 Å². The zero-order chi connectivity index (χ0) is 14.1. The van der Waals surface area contributed by atoms with Crippen molar-refractivity contribution >= 4 is 17.1 Å². The summed E-state index contributed by atoms with van der Waals surface area (Å²) in [5, 5.41) is 9.18. The van der Waals surface area contributed by atoms with Gasteiger partial charge in [-0.2, -0.15) is 4.98 Å². The minimum Gasteiger partial charge on any atom is -0.478 e. The molecule has 100 valence electrons. The summed E-state index contributed by atoms with van der Waals surface area (Å²) in [6.45, 7) is 1.82. The van der Waals surface area contributed by atoms with Crippen molar-refractivity contribution in [3.05, 3.63) is 53.6 Å². The van der Waals surface area contributed by atoms with Gasteiger partial charge in [0.25, 0.3) is 0 Å². The maximum absolute atomic E-state index is 11.2. The Bertz CT molecular complexity index is 758. The van der Waals surface area contributed by atoms with Gasteiger partial charge in [0.2, 0.25) is 0 Å². The van der Waals surface area contributed by atoms with Crippen LogP contribution in [0.1, 0.15) is 15.9 Å². The van der Waals surface area contributed by atoms with Crippen LogP contribution in [0.4, 0.5) is 0 Å². The molecule has 0 bridgehead atoms. The van der Waals surface area contributed by atoms with E-state index < -0.39 is 5.97 Å². The van der Waals surface area contributed by atoms with Gasteiger partial charge in [0.1, 0.15) is 16.8 Å². The van der Waals surface area contributed by atoms with Crippen molar-refractivity contribution in [2.45, 2.75) is 6.92 Å². The van der Waals surface area contributed by atoms with Gasteiger partial charge in [-0.1, -0.05) is 23.8 Å². The maximum Gasteiger partial charge on any atom is 0.400 e. The minimum absolute atomic E-state index is 0.0255. The Balaban J connectivity index is 2.00. The van der Waals surface area contributed by atoms with Gasteiger partial charge in [-0.3, -0.25) is 0 Å². The first-order chi connectivity index (χ1) is 9.63. The van der Waals surface area contributed by atoms with E-state index in [0.717, 1.165) is 5.56 Å². The summed E-state index contributed by atoms with van der Waals surface area (Å²) in [6.07, 6.45) is 0.0255. The molecule has 2 aromatic carbocycles. The summed E-state index contributed by atoms with van der Waals surface area (Å²) in [7, 11) is 0. The van der Waals surface area contributed by atoms with E-state index in [-0.39, 0.29) is 17.4 Å². The molecule has 5 nitrogen and oxygen atoms in total. The van der Waals surface area contributed by atoms with Gasteiger partial charge in [-0.05, 0) is 31.2 Å². The van der Waals surface area contributed by atoms with Crippen molar-refractivity contribution in [3.63, 3.8) is 0 Å². The molecule has 3 rings (SSSR count). The molecule has 3 aromatic rings. The van der Waals surface area contributed by atoms with Crippen LogP contribution in [-0.4, -0.2) is 16.1 Å². The van der Waals surface area contributed by atoms with Crippen LogP contribution in [0.2, 0.25) is 0 Å². The Hall–Kier alpha value is -2.82. The van der Waals surface area contributed by atoms with Crippen LogP contribution in [-0.2, 0) is 0 Å². The van der Waals surface area contributed by atoms with E-state index in [2.05, 4.69) is 4.98 Å². The van der Waals surface area contributed by atoms with Gasteiger partial charge in [-0.15, -0.1) is 0 Å². The predicted octanol–water partition coefficient (Wildman–Crippen LogP) is 3.63. The van der Waals surface area contributed by atoms with Gasteiger partial charge >= 0.3 is 12.0 Å². The smallest absolute Gasteiger partial charge is 0.400 e. The lowest BCUT2D eigenvalue weighted by molar-refractivity contribution is 0.0693. The van der Waals surface area contributed by atoms with E-state index in [4.69, 9.17) is 9.15 Å². The number of nitrogens with zero attached hydrogens (tertiary/aromatic N) is 1. The number of aromatic nitrogens is 1. The molecular weight excluding hydrogens is 258 g/mol. The number of benzene rings is 2. The molecule has 0 saturated carbocycles. The van der Waals surface area contributed by atoms with Crippen LogP contribution in [0, 0.1) is 6.92 Å². The molecular formula is C15H11NO4. The second kappa shape index (κ2) is 4.70. The number of hydrogen-bond donors (Lipinski definition) is 1. The highest BCUT2D eigenvalue weighted by atomic mass is 16.6. The van der Waals surface area contributed by atoms with E-state index in [1.165, 1.54) is 0 Å². The normalized spacial score (nSPS) is 10.7. The number of fused-ring (bicyclic) bond motifs is 1. The molecule has 0 spiro atoms. The van der Waals surface area contributed by atoms with Crippen LogP contribution in [0.15, 0.2) is 46.9 Å². The SMILES string of the molecule is Cc1ccc(Oc2nc3ccccc3o2)c(C(=O)O)c1. The third kappa shape index (κ3) is 2.21. The van der Waals surface area contributed by atoms with Gasteiger partial charge in [-0.25, -0.2) is 4.79 Å². The third-order valence-corrected chi connectivity index (χ3v) is 2.84. The molecule has 1 N–H and O–H groups in total. The molecule has 0 atom stereocenters. The molecule has 0 saturated heterocycles. The number of aromatic carboxylic acids is 1. The zero-order valence-electron chi connectivity index (χ0n) is 10.7. The molecule has 0 unspecified atom stereocenters. The quantitative estimate of drug-likeness (QED) is 0.786. The van der Waals surface area contributed by atoms with Crippen LogP contribution in [0.25, 0.3) is 11.1 Å². The molecule has 20 heavy (non-hydrogen) atoms. The van der Waals surface area contributed by atoms with E-state index in [0.29, 0.717) is 11.1 Å². The van der Waals surface area contributed by atoms with Gasteiger partial charge < -0.3 is 14.3 Å². The fourth-order valence-corrected chi connectivity index (χ4v) is 1.89. The number of carboxylic acid groups (broad SMARTS) is 1. The summed E-state index contributed by atoms with van der Waals surface area (Å²) < 4.78 is 10.9. The van der Waals surface area contributed by atoms with E-state index in [1.54, 1.807) is 30.3 Å². The number of oxazole rings is 1. The van der Waals surface area contributed by atoms with E-state index in [9.17, 15) is 9.90 Å². The molecule has 0 aliphatic heterocycles. The third-order valence-electron chi connectivity index (χ3n) is 2.84. The second-order valence-corrected chi connectivity index (χ2v) is 4.35. The molecule has 0 aliphatic rings. The van der Waals surface area contributed by atoms with Crippen molar-refractivity contribution in [2.24, 2.45) is 0 Å². The number of para-hydroxylation sites is 2. The lowest BCUT2D eigenvalue weighted by Gasteiger charge is -2.05. The number of carbonyl (C=O) groups is 1. The molecule has 0 fully saturated rings. The van der Waals surface area contributed by atoms with Gasteiger partial charge in [0, 0.05) is 0 Å². The highest BCUT2D eigenvalue weighted by Crippen LogP contribution is 2.28. The van der Waals surface area contributed by atoms with E-state index >= 15 is 0 Å². The van der Waals surface area contributed by atoms with Crippen LogP contribution < -0.4 is 4.74 Å². The van der Waals surface area contributed by atoms with Crippen molar-refractivity contribution < 1.29 is 19.1 Å². The van der Waals surface area contributed by atoms with Crippen molar-refractivity contribution in [3.8, 4) is 11.8 Å². The van der Waals surface area contributed by atoms with Crippen molar-refractivity contribution in [1.82, 2.24) is 4.98 Å². The zero-order valence-corrected chi connectivity index (χ0v) is 10.7. The largest absolute Gasteiger partial charge is 0.478 e. The summed E-state index contributed by atoms with van der Waals surface area (Å²) in [6, 6.07) is 12.1. The molecule has 1 heterocycles. The molecule has 5 heteroatoms. The fourth-order valence-electron chi connectivity index (χ4n) is 1.89. The Morgan fingerprint density at radius 2 is 2.05 bits per heavy atom. The monoisotopic (exact) mass is 269 g/mol. The summed E-state index contributed by atoms with van der Waals surface area (Å²) >= 11 is 0. The standard InChI is InChI=1S/C15H11NO4/c1-9-6-7-12(10(8-9)14(17)18)19-15-16-11-4-2-3-5-13(11)20-15/h2-8H,1H3,(H,17,18). The van der Waals surface area contributed by atoms with Gasteiger partial charge in [0.05, 0.1) is 0 Å². The highest BCUT2D eigenvalue weighted by Gasteiger charge is 2.15. The lowest BCUT2D eigenvalue weighted by atomic mass is 10.1. The van der Waals surface area contributed by atoms with Crippen molar-refractivity contribution in [2.75, 3.05) is 0 Å². The number of rotatable bonds is 3. The summed E-state index contributed by atoms with van der Waals surface area (Å²) in [5.41, 5.74) is 2.16. The number of aryl methyl sites for hydroxylation is 1. The average molecular weight is 269 g/mol. The summed E-state index contributed by atoms with van der Waals surface area (Å²) in [4.78, 5) is 15.4. The molecule has 0 amide bonds. The first-order valence-corrected chi connectivity index (χ1v) is 6.01. The Kier molecular flexibility index (Phi) is 2.87. The topological polar surface area (TPSA) is 72.6 Å². The van der Waals surface area contributed by atoms with Crippen LogP contribution in [0.5, 0.6) is 11.8 Å². The number of ether oxygens (including phenoxy) is 1. The predicted molar refractivity (Wildman–Crippen MR) is 72.2 cm³/mol. The van der Waals surface area contributed by atoms with Gasteiger partial charge in [0.15, 0.2) is 5.58 Å². The molecule has 0 radical (unpaired) electrons. The number of hydrogen-bond acceptors (Lipinski definition) is 4. The first-order valence-electron chi connectivity index (χ1n) is 6.01.